The fraction of sp³-hybridized carbons (Fsp3) is 0.333. The van der Waals surface area contributed by atoms with Crippen LogP contribution in [0.1, 0.15) is 37.0 Å². The van der Waals surface area contributed by atoms with Gasteiger partial charge >= 0.3 is 12.0 Å². The Kier molecular flexibility index (Phi) is 6.05. The van der Waals surface area contributed by atoms with Crippen LogP contribution in [0.25, 0.3) is 0 Å². The van der Waals surface area contributed by atoms with Gasteiger partial charge in [-0.2, -0.15) is 0 Å². The van der Waals surface area contributed by atoms with E-state index in [2.05, 4.69) is 5.32 Å². The third-order valence-corrected chi connectivity index (χ3v) is 3.66. The maximum Gasteiger partial charge on any atom is 0.344 e. The van der Waals surface area contributed by atoms with Gasteiger partial charge in [0.05, 0.1) is 6.61 Å². The van der Waals surface area contributed by atoms with Crippen LogP contribution in [0.4, 0.5) is 4.79 Å². The van der Waals surface area contributed by atoms with Gasteiger partial charge in [0.1, 0.15) is 11.3 Å². The summed E-state index contributed by atoms with van der Waals surface area (Å²) in [6, 6.07) is 7.42. The van der Waals surface area contributed by atoms with Gasteiger partial charge in [-0.25, -0.2) is 9.59 Å². The zero-order valence-electron chi connectivity index (χ0n) is 14.2. The molecule has 0 saturated carbocycles. The quantitative estimate of drug-likeness (QED) is 0.204. The first kappa shape index (κ1) is 18.4. The predicted octanol–water partition coefficient (Wildman–Crippen LogP) is 2.04. The van der Waals surface area contributed by atoms with Gasteiger partial charge in [-0.15, -0.1) is 0 Å². The first-order chi connectivity index (χ1) is 12.0. The lowest BCUT2D eigenvalue weighted by Gasteiger charge is -2.11. The van der Waals surface area contributed by atoms with Crippen LogP contribution >= 0.6 is 0 Å². The maximum atomic E-state index is 12.7. The molecule has 25 heavy (non-hydrogen) atoms. The average Bonchev–Trinajstić information content (AvgIpc) is 2.88. The number of rotatable bonds is 7. The summed E-state index contributed by atoms with van der Waals surface area (Å²) in [5.41, 5.74) is -0.550. The van der Waals surface area contributed by atoms with Gasteiger partial charge in [0.15, 0.2) is 0 Å². The van der Waals surface area contributed by atoms with E-state index in [1.165, 1.54) is 12.1 Å². The Balaban J connectivity index is 2.46. The van der Waals surface area contributed by atoms with Crippen LogP contribution in [0, 0.1) is 0 Å². The number of hydrogen-bond donors (Lipinski definition) is 1. The summed E-state index contributed by atoms with van der Waals surface area (Å²) >= 11 is 0. The molecule has 1 saturated heterocycles. The van der Waals surface area contributed by atoms with Crippen LogP contribution in [0.5, 0.6) is 0 Å². The lowest BCUT2D eigenvalue weighted by Crippen LogP contribution is -2.31. The standard InChI is InChI=1S/C18H20N2O5/c1-3-5-11-20-16(22)14(19-18(20)24)13(17(23)25-4-2)15(21)12-9-7-6-8-10-12/h6-10H,3-5,11H2,1-2H3,(H,19,24). The molecule has 0 aromatic heterocycles. The van der Waals surface area contributed by atoms with Crippen LogP contribution in [-0.2, 0) is 14.3 Å². The Morgan fingerprint density at radius 1 is 1.12 bits per heavy atom. The largest absolute Gasteiger partial charge is 0.462 e. The molecule has 1 aliphatic heterocycles. The Morgan fingerprint density at radius 2 is 1.80 bits per heavy atom. The van der Waals surface area contributed by atoms with Crippen LogP contribution in [0.2, 0.25) is 0 Å². The first-order valence-electron chi connectivity index (χ1n) is 8.15. The number of carbonyl (C=O) groups is 4. The highest BCUT2D eigenvalue weighted by molar-refractivity contribution is 6.29. The first-order valence-corrected chi connectivity index (χ1v) is 8.15. The van der Waals surface area contributed by atoms with Gasteiger partial charge in [-0.1, -0.05) is 43.7 Å². The number of esters is 1. The van der Waals surface area contributed by atoms with E-state index in [0.717, 1.165) is 11.3 Å². The highest BCUT2D eigenvalue weighted by atomic mass is 16.5. The summed E-state index contributed by atoms with van der Waals surface area (Å²) in [6.07, 6.45) is 1.43. The molecule has 0 bridgehead atoms. The number of amides is 3. The minimum Gasteiger partial charge on any atom is -0.462 e. The smallest absolute Gasteiger partial charge is 0.344 e. The zero-order valence-corrected chi connectivity index (χ0v) is 14.2. The van der Waals surface area contributed by atoms with Gasteiger partial charge in [-0.05, 0) is 13.3 Å². The number of imide groups is 1. The van der Waals surface area contributed by atoms with Crippen molar-refractivity contribution in [2.45, 2.75) is 26.7 Å². The van der Waals surface area contributed by atoms with Crippen molar-refractivity contribution >= 4 is 23.7 Å². The van der Waals surface area contributed by atoms with Crippen molar-refractivity contribution < 1.29 is 23.9 Å². The van der Waals surface area contributed by atoms with E-state index in [0.29, 0.717) is 6.42 Å². The van der Waals surface area contributed by atoms with Crippen LogP contribution in [-0.4, -0.2) is 41.7 Å². The van der Waals surface area contributed by atoms with Crippen LogP contribution in [0.3, 0.4) is 0 Å². The molecule has 0 radical (unpaired) electrons. The highest BCUT2D eigenvalue weighted by Gasteiger charge is 2.39. The molecule has 0 spiro atoms. The van der Waals surface area contributed by atoms with Gasteiger partial charge < -0.3 is 10.1 Å². The molecular formula is C18H20N2O5. The Labute approximate surface area is 145 Å². The third-order valence-electron chi connectivity index (χ3n) is 3.66. The van der Waals surface area contributed by atoms with Gasteiger partial charge in [0.2, 0.25) is 5.78 Å². The highest BCUT2D eigenvalue weighted by Crippen LogP contribution is 2.20. The Morgan fingerprint density at radius 3 is 2.40 bits per heavy atom. The number of benzene rings is 1. The van der Waals surface area contributed by atoms with E-state index in [1.54, 1.807) is 25.1 Å². The number of nitrogens with one attached hydrogen (secondary N) is 1. The Hall–Kier alpha value is -2.96. The number of urea groups is 1. The number of ketones is 1. The zero-order chi connectivity index (χ0) is 18.4. The lowest BCUT2D eigenvalue weighted by molar-refractivity contribution is -0.138. The second-order valence-corrected chi connectivity index (χ2v) is 5.41. The summed E-state index contributed by atoms with van der Waals surface area (Å²) in [6.45, 7) is 3.79. The number of carbonyl (C=O) groups excluding carboxylic acids is 4. The molecule has 1 fully saturated rings. The van der Waals surface area contributed by atoms with Crippen molar-refractivity contribution in [3.8, 4) is 0 Å². The lowest BCUT2D eigenvalue weighted by atomic mass is 10.0. The van der Waals surface area contributed by atoms with E-state index in [9.17, 15) is 19.2 Å². The monoisotopic (exact) mass is 344 g/mol. The van der Waals surface area contributed by atoms with E-state index >= 15 is 0 Å². The van der Waals surface area contributed by atoms with Crippen LogP contribution in [0.15, 0.2) is 41.6 Å². The van der Waals surface area contributed by atoms with Gasteiger partial charge in [-0.3, -0.25) is 14.5 Å². The number of nitrogens with zero attached hydrogens (tertiary/aromatic N) is 1. The molecule has 7 nitrogen and oxygen atoms in total. The molecule has 1 aromatic rings. The molecule has 1 aromatic carbocycles. The fourth-order valence-corrected chi connectivity index (χ4v) is 2.39. The topological polar surface area (TPSA) is 92.8 Å². The SMILES string of the molecule is CCCCN1C(=O)NC(=C(C(=O)OCC)C(=O)c2ccccc2)C1=O. The van der Waals surface area contributed by atoms with Crippen molar-refractivity contribution in [3.63, 3.8) is 0 Å². The number of ether oxygens (including phenoxy) is 1. The fourth-order valence-electron chi connectivity index (χ4n) is 2.39. The summed E-state index contributed by atoms with van der Waals surface area (Å²) in [7, 11) is 0. The van der Waals surface area contributed by atoms with Crippen molar-refractivity contribution in [2.24, 2.45) is 0 Å². The van der Waals surface area contributed by atoms with Crippen molar-refractivity contribution in [1.29, 1.82) is 0 Å². The van der Waals surface area contributed by atoms with E-state index in [1.807, 2.05) is 6.92 Å². The molecule has 0 unspecified atom stereocenters. The molecule has 7 heteroatoms. The minimum absolute atomic E-state index is 0.0410. The molecule has 0 atom stereocenters. The third kappa shape index (κ3) is 3.93. The molecule has 0 aliphatic carbocycles. The summed E-state index contributed by atoms with van der Waals surface area (Å²) in [5.74, 6) is -2.29. The van der Waals surface area contributed by atoms with Gasteiger partial charge in [0, 0.05) is 12.1 Å². The molecule has 1 N–H and O–H groups in total. The average molecular weight is 344 g/mol. The number of unbranched alkanes of at least 4 members (excludes halogenated alkanes) is 1. The maximum absolute atomic E-state index is 12.7. The summed E-state index contributed by atoms with van der Waals surface area (Å²) in [4.78, 5) is 50.6. The number of hydrogen-bond acceptors (Lipinski definition) is 5. The molecule has 3 amide bonds. The normalized spacial score (nSPS) is 15.8. The van der Waals surface area contributed by atoms with E-state index in [-0.39, 0.29) is 24.4 Å². The van der Waals surface area contributed by atoms with E-state index in [4.69, 9.17) is 4.74 Å². The second-order valence-electron chi connectivity index (χ2n) is 5.41. The summed E-state index contributed by atoms with van der Waals surface area (Å²) < 4.78 is 4.92. The molecule has 132 valence electrons. The minimum atomic E-state index is -0.933. The molecule has 1 aliphatic rings. The number of Topliss-reactive ketones (excluding diaryl/α,β-unsaturated/α-hetero) is 1. The second kappa shape index (κ2) is 8.23. The molecule has 2 rings (SSSR count). The Bertz CT molecular complexity index is 724. The van der Waals surface area contributed by atoms with Crippen LogP contribution < -0.4 is 5.32 Å². The predicted molar refractivity (Wildman–Crippen MR) is 89.6 cm³/mol. The van der Waals surface area contributed by atoms with Crippen molar-refractivity contribution in [2.75, 3.05) is 13.2 Å². The van der Waals surface area contributed by atoms with Crippen molar-refractivity contribution in [1.82, 2.24) is 10.2 Å². The summed E-state index contributed by atoms with van der Waals surface area (Å²) in [5, 5.41) is 2.35. The molecule has 1 heterocycles. The van der Waals surface area contributed by atoms with E-state index < -0.39 is 29.3 Å². The van der Waals surface area contributed by atoms with Crippen molar-refractivity contribution in [3.05, 3.63) is 47.2 Å². The molecular weight excluding hydrogens is 324 g/mol. The van der Waals surface area contributed by atoms with Gasteiger partial charge in [0.25, 0.3) is 5.91 Å².